The van der Waals surface area contributed by atoms with Crippen molar-refractivity contribution in [2.45, 2.75) is 6.61 Å². The summed E-state index contributed by atoms with van der Waals surface area (Å²) in [5, 5.41) is 0.779. The number of furan rings is 1. The highest BCUT2D eigenvalue weighted by molar-refractivity contribution is 5.93. The first-order chi connectivity index (χ1) is 9.72. The summed E-state index contributed by atoms with van der Waals surface area (Å²) < 4.78 is 10.6. The summed E-state index contributed by atoms with van der Waals surface area (Å²) in [7, 11) is 0. The third-order valence-corrected chi connectivity index (χ3v) is 2.86. The van der Waals surface area contributed by atoms with Crippen LogP contribution in [0.15, 0.2) is 53.2 Å². The van der Waals surface area contributed by atoms with Crippen molar-refractivity contribution in [1.82, 2.24) is 4.98 Å². The molecule has 0 spiro atoms. The molecule has 0 atom stereocenters. The van der Waals surface area contributed by atoms with Gasteiger partial charge in [-0.25, -0.2) is 4.79 Å². The Hall–Kier alpha value is -2.82. The van der Waals surface area contributed by atoms with Gasteiger partial charge in [0.2, 0.25) is 5.76 Å². The Bertz CT molecular complexity index is 750. The van der Waals surface area contributed by atoms with Gasteiger partial charge in [0.25, 0.3) is 0 Å². The third kappa shape index (κ3) is 2.47. The van der Waals surface area contributed by atoms with Crippen LogP contribution in [-0.2, 0) is 11.3 Å². The van der Waals surface area contributed by atoms with E-state index in [4.69, 9.17) is 14.9 Å². The van der Waals surface area contributed by atoms with Crippen LogP contribution in [0.3, 0.4) is 0 Å². The van der Waals surface area contributed by atoms with Crippen molar-refractivity contribution in [3.05, 3.63) is 60.1 Å². The predicted octanol–water partition coefficient (Wildman–Crippen LogP) is 2.77. The standard InChI is InChI=1S/C15H12N2O3/c16-12-1-2-13-11(7-12)8-14(20-13)15(18)19-9-10-3-5-17-6-4-10/h1-8H,9,16H2. The number of nitrogens with zero attached hydrogens (tertiary/aromatic N) is 1. The number of esters is 1. The number of fused-ring (bicyclic) bond motifs is 1. The second kappa shape index (κ2) is 5.05. The van der Waals surface area contributed by atoms with Crippen LogP contribution in [0, 0.1) is 0 Å². The fraction of sp³-hybridized carbons (Fsp3) is 0.0667. The Morgan fingerprint density at radius 3 is 2.80 bits per heavy atom. The van der Waals surface area contributed by atoms with Crippen molar-refractivity contribution in [2.75, 3.05) is 5.73 Å². The van der Waals surface area contributed by atoms with Crippen molar-refractivity contribution in [1.29, 1.82) is 0 Å². The Labute approximate surface area is 115 Å². The van der Waals surface area contributed by atoms with Gasteiger partial charge in [-0.3, -0.25) is 4.98 Å². The molecule has 0 amide bonds. The summed E-state index contributed by atoms with van der Waals surface area (Å²) in [6.45, 7) is 0.181. The highest BCUT2D eigenvalue weighted by Gasteiger charge is 2.14. The fourth-order valence-electron chi connectivity index (χ4n) is 1.86. The topological polar surface area (TPSA) is 78.3 Å². The number of carbonyl (C=O) groups is 1. The van der Waals surface area contributed by atoms with Gasteiger partial charge in [-0.05, 0) is 42.0 Å². The van der Waals surface area contributed by atoms with Crippen LogP contribution >= 0.6 is 0 Å². The van der Waals surface area contributed by atoms with Gasteiger partial charge in [-0.2, -0.15) is 0 Å². The van der Waals surface area contributed by atoms with E-state index < -0.39 is 5.97 Å². The molecule has 0 saturated heterocycles. The molecule has 100 valence electrons. The number of hydrogen-bond acceptors (Lipinski definition) is 5. The lowest BCUT2D eigenvalue weighted by Gasteiger charge is -2.01. The SMILES string of the molecule is Nc1ccc2oc(C(=O)OCc3ccncc3)cc2c1. The molecule has 5 nitrogen and oxygen atoms in total. The van der Waals surface area contributed by atoms with Gasteiger partial charge < -0.3 is 14.9 Å². The molecular weight excluding hydrogens is 256 g/mol. The summed E-state index contributed by atoms with van der Waals surface area (Å²) in [6.07, 6.45) is 3.29. The van der Waals surface area contributed by atoms with Crippen LogP contribution in [0.5, 0.6) is 0 Å². The predicted molar refractivity (Wildman–Crippen MR) is 74.0 cm³/mol. The van der Waals surface area contributed by atoms with Gasteiger partial charge in [0, 0.05) is 23.5 Å². The Morgan fingerprint density at radius 2 is 2.00 bits per heavy atom. The zero-order valence-electron chi connectivity index (χ0n) is 10.6. The molecule has 2 heterocycles. The van der Waals surface area contributed by atoms with Crippen LogP contribution in [0.4, 0.5) is 5.69 Å². The molecule has 0 aliphatic rings. The molecule has 20 heavy (non-hydrogen) atoms. The molecule has 2 aromatic heterocycles. The molecule has 0 fully saturated rings. The minimum Gasteiger partial charge on any atom is -0.455 e. The summed E-state index contributed by atoms with van der Waals surface area (Å²) in [6, 6.07) is 10.4. The van der Waals surface area contributed by atoms with E-state index >= 15 is 0 Å². The van der Waals surface area contributed by atoms with Crippen molar-refractivity contribution in [3.8, 4) is 0 Å². The average Bonchev–Trinajstić information content (AvgIpc) is 2.89. The molecule has 0 saturated carbocycles. The van der Waals surface area contributed by atoms with Crippen LogP contribution in [0.25, 0.3) is 11.0 Å². The second-order valence-electron chi connectivity index (χ2n) is 4.34. The van der Waals surface area contributed by atoms with Gasteiger partial charge >= 0.3 is 5.97 Å². The minimum atomic E-state index is -0.503. The van der Waals surface area contributed by atoms with Gasteiger partial charge in [-0.15, -0.1) is 0 Å². The third-order valence-electron chi connectivity index (χ3n) is 2.86. The Balaban J connectivity index is 1.75. The number of carbonyl (C=O) groups excluding carboxylic acids is 1. The number of nitrogens with two attached hydrogens (primary N) is 1. The number of anilines is 1. The van der Waals surface area contributed by atoms with Crippen LogP contribution in [0.1, 0.15) is 16.1 Å². The van der Waals surface area contributed by atoms with E-state index in [1.807, 2.05) is 0 Å². The normalized spacial score (nSPS) is 10.6. The van der Waals surface area contributed by atoms with Crippen LogP contribution in [0.2, 0.25) is 0 Å². The molecule has 3 aromatic rings. The monoisotopic (exact) mass is 268 g/mol. The molecule has 1 aromatic carbocycles. The Kier molecular flexibility index (Phi) is 3.09. The van der Waals surface area contributed by atoms with E-state index in [1.165, 1.54) is 0 Å². The lowest BCUT2D eigenvalue weighted by Crippen LogP contribution is -2.03. The van der Waals surface area contributed by atoms with Gasteiger partial charge in [0.15, 0.2) is 0 Å². The second-order valence-corrected chi connectivity index (χ2v) is 4.34. The Morgan fingerprint density at radius 1 is 1.20 bits per heavy atom. The molecule has 0 bridgehead atoms. The summed E-state index contributed by atoms with van der Waals surface area (Å²) in [4.78, 5) is 15.8. The number of nitrogen functional groups attached to an aromatic ring is 1. The van der Waals surface area contributed by atoms with Crippen molar-refractivity contribution < 1.29 is 13.9 Å². The number of aromatic nitrogens is 1. The quantitative estimate of drug-likeness (QED) is 0.583. The first kappa shape index (κ1) is 12.2. The minimum absolute atomic E-state index is 0.166. The summed E-state index contributed by atoms with van der Waals surface area (Å²) in [5.74, 6) is -0.337. The first-order valence-electron chi connectivity index (χ1n) is 6.07. The van der Waals surface area contributed by atoms with Crippen molar-refractivity contribution in [3.63, 3.8) is 0 Å². The van der Waals surface area contributed by atoms with E-state index in [-0.39, 0.29) is 12.4 Å². The number of hydrogen-bond donors (Lipinski definition) is 1. The zero-order valence-corrected chi connectivity index (χ0v) is 10.6. The van der Waals surface area contributed by atoms with Gasteiger partial charge in [-0.1, -0.05) is 0 Å². The summed E-state index contributed by atoms with van der Waals surface area (Å²) in [5.41, 5.74) is 7.78. The van der Waals surface area contributed by atoms with Crippen LogP contribution in [-0.4, -0.2) is 11.0 Å². The number of pyridine rings is 1. The lowest BCUT2D eigenvalue weighted by molar-refractivity contribution is 0.0438. The molecule has 0 aliphatic carbocycles. The molecule has 0 radical (unpaired) electrons. The largest absolute Gasteiger partial charge is 0.455 e. The number of benzene rings is 1. The highest BCUT2D eigenvalue weighted by atomic mass is 16.5. The highest BCUT2D eigenvalue weighted by Crippen LogP contribution is 2.22. The number of rotatable bonds is 3. The van der Waals surface area contributed by atoms with E-state index in [1.54, 1.807) is 48.8 Å². The maximum atomic E-state index is 11.9. The molecule has 5 heteroatoms. The first-order valence-corrected chi connectivity index (χ1v) is 6.07. The van der Waals surface area contributed by atoms with E-state index in [9.17, 15) is 4.79 Å². The fourth-order valence-corrected chi connectivity index (χ4v) is 1.86. The summed E-state index contributed by atoms with van der Waals surface area (Å²) >= 11 is 0. The smallest absolute Gasteiger partial charge is 0.374 e. The zero-order chi connectivity index (χ0) is 13.9. The maximum Gasteiger partial charge on any atom is 0.374 e. The van der Waals surface area contributed by atoms with Gasteiger partial charge in [0.05, 0.1) is 0 Å². The molecule has 3 rings (SSSR count). The maximum absolute atomic E-state index is 11.9. The van der Waals surface area contributed by atoms with E-state index in [0.29, 0.717) is 11.3 Å². The molecular formula is C15H12N2O3. The van der Waals surface area contributed by atoms with Gasteiger partial charge in [0.1, 0.15) is 12.2 Å². The van der Waals surface area contributed by atoms with Crippen molar-refractivity contribution in [2.24, 2.45) is 0 Å². The van der Waals surface area contributed by atoms with E-state index in [0.717, 1.165) is 10.9 Å². The number of ether oxygens (including phenoxy) is 1. The molecule has 0 aliphatic heterocycles. The van der Waals surface area contributed by atoms with Crippen molar-refractivity contribution >= 4 is 22.6 Å². The average molecular weight is 268 g/mol. The molecule has 2 N–H and O–H groups in total. The van der Waals surface area contributed by atoms with E-state index in [2.05, 4.69) is 4.98 Å². The molecule has 0 unspecified atom stereocenters. The van der Waals surface area contributed by atoms with Crippen LogP contribution < -0.4 is 5.73 Å². The lowest BCUT2D eigenvalue weighted by atomic mass is 10.2.